The zero-order valence-corrected chi connectivity index (χ0v) is 18.8. The Morgan fingerprint density at radius 2 is 1.86 bits per heavy atom. The fraction of sp³-hybridized carbons (Fsp3) is 0.708. The van der Waals surface area contributed by atoms with Crippen LogP contribution in [0.25, 0.3) is 0 Å². The van der Waals surface area contributed by atoms with Crippen LogP contribution in [0, 0.1) is 5.92 Å². The average molecular weight is 405 g/mol. The van der Waals surface area contributed by atoms with Crippen molar-refractivity contribution in [1.82, 2.24) is 4.90 Å². The topological polar surface area (TPSA) is 50.8 Å². The number of anilines is 1. The minimum absolute atomic E-state index is 0.0858. The minimum Gasteiger partial charge on any atom is -0.494 e. The summed E-state index contributed by atoms with van der Waals surface area (Å²) in [5.74, 6) is 1.63. The van der Waals surface area contributed by atoms with Crippen LogP contribution in [0.2, 0.25) is 0 Å². The van der Waals surface area contributed by atoms with Crippen LogP contribution < -0.4 is 10.1 Å². The first kappa shape index (κ1) is 23.7. The van der Waals surface area contributed by atoms with Crippen molar-refractivity contribution < 1.29 is 14.3 Å². The third-order valence-corrected chi connectivity index (χ3v) is 5.83. The summed E-state index contributed by atoms with van der Waals surface area (Å²) in [6.45, 7) is 13.0. The lowest BCUT2D eigenvalue weighted by Crippen LogP contribution is -2.42. The van der Waals surface area contributed by atoms with Crippen LogP contribution in [0.3, 0.4) is 0 Å². The van der Waals surface area contributed by atoms with Gasteiger partial charge < -0.3 is 19.7 Å². The molecule has 1 aromatic carbocycles. The fourth-order valence-corrected chi connectivity index (χ4v) is 3.75. The van der Waals surface area contributed by atoms with Gasteiger partial charge in [-0.3, -0.25) is 4.79 Å². The largest absolute Gasteiger partial charge is 0.494 e. The minimum atomic E-state index is -0.786. The van der Waals surface area contributed by atoms with Crippen molar-refractivity contribution >= 4 is 11.6 Å². The molecule has 1 heterocycles. The maximum atomic E-state index is 12.7. The zero-order valence-electron chi connectivity index (χ0n) is 18.8. The average Bonchev–Trinajstić information content (AvgIpc) is 2.72. The Labute approximate surface area is 177 Å². The molecule has 0 bridgehead atoms. The molecule has 0 aliphatic carbocycles. The highest BCUT2D eigenvalue weighted by molar-refractivity contribution is 5.97. The van der Waals surface area contributed by atoms with E-state index in [9.17, 15) is 4.79 Å². The van der Waals surface area contributed by atoms with E-state index in [0.29, 0.717) is 6.61 Å². The summed E-state index contributed by atoms with van der Waals surface area (Å²) in [5, 5.41) is 2.99. The molecule has 5 nitrogen and oxygen atoms in total. The normalized spacial score (nSPS) is 17.7. The molecule has 1 atom stereocenters. The maximum Gasteiger partial charge on any atom is 0.256 e. The highest BCUT2D eigenvalue weighted by Gasteiger charge is 2.33. The van der Waals surface area contributed by atoms with E-state index in [1.807, 2.05) is 38.1 Å². The van der Waals surface area contributed by atoms with Crippen LogP contribution >= 0.6 is 0 Å². The van der Waals surface area contributed by atoms with Crippen molar-refractivity contribution in [2.45, 2.75) is 71.8 Å². The van der Waals surface area contributed by atoms with Gasteiger partial charge in [-0.05, 0) is 82.8 Å². The van der Waals surface area contributed by atoms with Crippen LogP contribution in [0.1, 0.15) is 66.2 Å². The molecule has 1 aromatic rings. The Balaban J connectivity index is 1.75. The van der Waals surface area contributed by atoms with Crippen molar-refractivity contribution in [3.05, 3.63) is 24.3 Å². The van der Waals surface area contributed by atoms with E-state index in [2.05, 4.69) is 24.1 Å². The molecule has 1 amide bonds. The van der Waals surface area contributed by atoms with Gasteiger partial charge in [0.05, 0.1) is 6.61 Å². The van der Waals surface area contributed by atoms with E-state index in [-0.39, 0.29) is 5.91 Å². The van der Waals surface area contributed by atoms with Crippen molar-refractivity contribution in [2.75, 3.05) is 38.2 Å². The maximum absolute atomic E-state index is 12.7. The molecule has 1 fully saturated rings. The number of rotatable bonds is 12. The summed E-state index contributed by atoms with van der Waals surface area (Å²) < 4.78 is 11.6. The van der Waals surface area contributed by atoms with Gasteiger partial charge in [-0.15, -0.1) is 0 Å². The number of likely N-dealkylation sites (tertiary alicyclic amines) is 1. The molecule has 1 aliphatic rings. The number of carbonyl (C=O) groups is 1. The van der Waals surface area contributed by atoms with E-state index in [1.165, 1.54) is 25.9 Å². The SMILES string of the molecule is CCCC[C@@](C)(OCC)C(=O)Nc1ccc(OCCCN2CCC(C)CC2)cc1. The number of carbonyl (C=O) groups excluding carboxylic acids is 1. The second kappa shape index (κ2) is 12.2. The molecule has 29 heavy (non-hydrogen) atoms. The number of nitrogens with one attached hydrogen (secondary N) is 1. The van der Waals surface area contributed by atoms with Gasteiger partial charge in [0.2, 0.25) is 0 Å². The van der Waals surface area contributed by atoms with Crippen LogP contribution in [-0.4, -0.2) is 49.3 Å². The van der Waals surface area contributed by atoms with Crippen molar-refractivity contribution in [2.24, 2.45) is 5.92 Å². The molecular weight excluding hydrogens is 364 g/mol. The lowest BCUT2D eigenvalue weighted by atomic mass is 9.97. The van der Waals surface area contributed by atoms with Gasteiger partial charge in [-0.25, -0.2) is 0 Å². The van der Waals surface area contributed by atoms with E-state index < -0.39 is 5.60 Å². The Bertz CT molecular complexity index is 597. The molecule has 1 N–H and O–H groups in total. The molecule has 0 radical (unpaired) electrons. The van der Waals surface area contributed by atoms with Gasteiger partial charge >= 0.3 is 0 Å². The van der Waals surface area contributed by atoms with Crippen LogP contribution in [0.4, 0.5) is 5.69 Å². The summed E-state index contributed by atoms with van der Waals surface area (Å²) >= 11 is 0. The van der Waals surface area contributed by atoms with Crippen molar-refractivity contribution in [1.29, 1.82) is 0 Å². The number of hydrogen-bond donors (Lipinski definition) is 1. The first-order chi connectivity index (χ1) is 14.0. The molecule has 2 rings (SSSR count). The number of ether oxygens (including phenoxy) is 2. The number of amides is 1. The lowest BCUT2D eigenvalue weighted by molar-refractivity contribution is -0.139. The molecule has 0 unspecified atom stereocenters. The van der Waals surface area contributed by atoms with E-state index >= 15 is 0 Å². The molecule has 0 saturated carbocycles. The number of nitrogens with zero attached hydrogens (tertiary/aromatic N) is 1. The van der Waals surface area contributed by atoms with Crippen LogP contribution in [0.15, 0.2) is 24.3 Å². The molecule has 0 aromatic heterocycles. The molecule has 1 saturated heterocycles. The first-order valence-electron chi connectivity index (χ1n) is 11.4. The van der Waals surface area contributed by atoms with Gasteiger partial charge in [-0.2, -0.15) is 0 Å². The first-order valence-corrected chi connectivity index (χ1v) is 11.4. The Hall–Kier alpha value is -1.59. The fourth-order valence-electron chi connectivity index (χ4n) is 3.75. The second-order valence-electron chi connectivity index (χ2n) is 8.47. The van der Waals surface area contributed by atoms with Gasteiger partial charge in [0.25, 0.3) is 5.91 Å². The summed E-state index contributed by atoms with van der Waals surface area (Å²) in [7, 11) is 0. The second-order valence-corrected chi connectivity index (χ2v) is 8.47. The Morgan fingerprint density at radius 3 is 2.48 bits per heavy atom. The van der Waals surface area contributed by atoms with Gasteiger partial charge in [0, 0.05) is 18.8 Å². The Morgan fingerprint density at radius 1 is 1.17 bits per heavy atom. The lowest BCUT2D eigenvalue weighted by Gasteiger charge is -2.30. The number of piperidine rings is 1. The zero-order chi connectivity index (χ0) is 21.1. The third kappa shape index (κ3) is 7.98. The Kier molecular flexibility index (Phi) is 9.95. The highest BCUT2D eigenvalue weighted by atomic mass is 16.5. The van der Waals surface area contributed by atoms with E-state index in [4.69, 9.17) is 9.47 Å². The monoisotopic (exact) mass is 404 g/mol. The molecule has 0 spiro atoms. The predicted octanol–water partition coefficient (Wildman–Crippen LogP) is 5.11. The summed E-state index contributed by atoms with van der Waals surface area (Å²) in [5.41, 5.74) is -0.0150. The highest BCUT2D eigenvalue weighted by Crippen LogP contribution is 2.23. The van der Waals surface area contributed by atoms with Crippen LogP contribution in [0.5, 0.6) is 5.75 Å². The molecule has 5 heteroatoms. The van der Waals surface area contributed by atoms with Crippen molar-refractivity contribution in [3.8, 4) is 5.75 Å². The molecule has 164 valence electrons. The number of hydrogen-bond acceptors (Lipinski definition) is 4. The van der Waals surface area contributed by atoms with Gasteiger partial charge in [-0.1, -0.05) is 26.7 Å². The quantitative estimate of drug-likeness (QED) is 0.492. The number of unbranched alkanes of at least 4 members (excludes halogenated alkanes) is 1. The smallest absolute Gasteiger partial charge is 0.256 e. The summed E-state index contributed by atoms with van der Waals surface area (Å²) in [4.78, 5) is 15.3. The predicted molar refractivity (Wildman–Crippen MR) is 120 cm³/mol. The standard InChI is InChI=1S/C24H40N2O3/c1-5-7-15-24(4,29-6-2)23(27)25-21-9-11-22(12-10-21)28-19-8-16-26-17-13-20(3)14-18-26/h9-12,20H,5-8,13-19H2,1-4H3,(H,25,27)/t24-/m1/s1. The molecule has 1 aliphatic heterocycles. The third-order valence-electron chi connectivity index (χ3n) is 5.83. The van der Waals surface area contributed by atoms with E-state index in [0.717, 1.165) is 56.2 Å². The van der Waals surface area contributed by atoms with E-state index in [1.54, 1.807) is 0 Å². The van der Waals surface area contributed by atoms with Crippen molar-refractivity contribution in [3.63, 3.8) is 0 Å². The van der Waals surface area contributed by atoms with Crippen LogP contribution in [-0.2, 0) is 9.53 Å². The number of benzene rings is 1. The van der Waals surface area contributed by atoms with Gasteiger partial charge in [0.15, 0.2) is 0 Å². The molecular formula is C24H40N2O3. The van der Waals surface area contributed by atoms with Gasteiger partial charge in [0.1, 0.15) is 11.4 Å². The summed E-state index contributed by atoms with van der Waals surface area (Å²) in [6.07, 6.45) is 6.40. The summed E-state index contributed by atoms with van der Waals surface area (Å²) in [6, 6.07) is 7.63.